The molecule has 4 rings (SSSR count). The molecule has 1 aliphatic rings. The summed E-state index contributed by atoms with van der Waals surface area (Å²) in [4.78, 5) is 19.9. The molecule has 1 amide bonds. The third-order valence-corrected chi connectivity index (χ3v) is 6.61. The highest BCUT2D eigenvalue weighted by molar-refractivity contribution is 7.18. The van der Waals surface area contributed by atoms with Gasteiger partial charge in [-0.05, 0) is 56.7 Å². The number of carbonyl (C=O) groups excluding carboxylic acids is 1. The highest BCUT2D eigenvalue weighted by Gasteiger charge is 2.22. The number of nitrogens with one attached hydrogen (secondary N) is 1. The lowest BCUT2D eigenvalue weighted by Crippen LogP contribution is -2.30. The van der Waals surface area contributed by atoms with Crippen molar-refractivity contribution in [2.75, 3.05) is 26.7 Å². The molecule has 2 N–H and O–H groups in total. The molecule has 1 aromatic heterocycles. The Bertz CT molecular complexity index is 949. The second-order valence-corrected chi connectivity index (χ2v) is 8.49. The monoisotopic (exact) mass is 395 g/mol. The van der Waals surface area contributed by atoms with Crippen molar-refractivity contribution in [3.8, 4) is 0 Å². The number of piperidine rings is 1. The molecule has 0 spiro atoms. The number of amides is 1. The Hall–Kier alpha value is -2.28. The average molecular weight is 396 g/mol. The lowest BCUT2D eigenvalue weighted by molar-refractivity contribution is 0.0916. The molecule has 0 unspecified atom stereocenters. The molecule has 28 heavy (non-hydrogen) atoms. The SMILES string of the molecule is CN1CCC(c2nc3ccc(C(=O)N[C@@H](CO)c4ccccc4)cc3s2)CC1. The van der Waals surface area contributed by atoms with Crippen molar-refractivity contribution < 1.29 is 9.90 Å². The molecule has 0 radical (unpaired) electrons. The molecule has 6 heteroatoms. The number of aliphatic hydroxyl groups excluding tert-OH is 1. The van der Waals surface area contributed by atoms with E-state index in [-0.39, 0.29) is 12.5 Å². The quantitative estimate of drug-likeness (QED) is 0.693. The summed E-state index contributed by atoms with van der Waals surface area (Å²) in [6, 6.07) is 14.8. The Labute approximate surface area is 169 Å². The smallest absolute Gasteiger partial charge is 0.251 e. The standard InChI is InChI=1S/C22H25N3O2S/c1-25-11-9-16(10-12-25)22-24-18-8-7-17(13-20(18)28-22)21(27)23-19(14-26)15-5-3-2-4-6-15/h2-8,13,16,19,26H,9-12,14H2,1H3,(H,23,27)/t19-/m0/s1. The molecular weight excluding hydrogens is 370 g/mol. The summed E-state index contributed by atoms with van der Waals surface area (Å²) in [5, 5.41) is 13.8. The highest BCUT2D eigenvalue weighted by atomic mass is 32.1. The number of benzene rings is 2. The van der Waals surface area contributed by atoms with Crippen LogP contribution in [0.5, 0.6) is 0 Å². The highest BCUT2D eigenvalue weighted by Crippen LogP contribution is 2.34. The molecule has 0 saturated carbocycles. The van der Waals surface area contributed by atoms with Crippen molar-refractivity contribution in [3.05, 3.63) is 64.7 Å². The molecule has 3 aromatic rings. The predicted molar refractivity (Wildman–Crippen MR) is 113 cm³/mol. The van der Waals surface area contributed by atoms with Gasteiger partial charge in [-0.25, -0.2) is 4.98 Å². The first kappa shape index (κ1) is 19.1. The lowest BCUT2D eigenvalue weighted by Gasteiger charge is -2.27. The Morgan fingerprint density at radius 3 is 2.71 bits per heavy atom. The van der Waals surface area contributed by atoms with Gasteiger partial charge in [-0.3, -0.25) is 4.79 Å². The van der Waals surface area contributed by atoms with Gasteiger partial charge < -0.3 is 15.3 Å². The third-order valence-electron chi connectivity index (χ3n) is 5.42. The number of carbonyl (C=O) groups is 1. The van der Waals surface area contributed by atoms with Gasteiger partial charge in [0.15, 0.2) is 0 Å². The van der Waals surface area contributed by atoms with E-state index in [1.165, 1.54) is 5.01 Å². The van der Waals surface area contributed by atoms with Crippen molar-refractivity contribution in [1.29, 1.82) is 0 Å². The van der Waals surface area contributed by atoms with Gasteiger partial charge in [0, 0.05) is 11.5 Å². The molecule has 0 bridgehead atoms. The number of fused-ring (bicyclic) bond motifs is 1. The molecule has 1 saturated heterocycles. The van der Waals surface area contributed by atoms with Crippen molar-refractivity contribution in [2.45, 2.75) is 24.8 Å². The lowest BCUT2D eigenvalue weighted by atomic mass is 9.98. The van der Waals surface area contributed by atoms with Crippen molar-refractivity contribution in [2.24, 2.45) is 0 Å². The van der Waals surface area contributed by atoms with E-state index >= 15 is 0 Å². The van der Waals surface area contributed by atoms with Crippen LogP contribution in [0.2, 0.25) is 0 Å². The molecule has 1 fully saturated rings. The number of nitrogens with zero attached hydrogens (tertiary/aromatic N) is 2. The number of hydrogen-bond donors (Lipinski definition) is 2. The van der Waals surface area contributed by atoms with E-state index in [2.05, 4.69) is 17.3 Å². The Balaban J connectivity index is 1.51. The number of aliphatic hydroxyl groups is 1. The van der Waals surface area contributed by atoms with Crippen LogP contribution in [-0.2, 0) is 0 Å². The number of likely N-dealkylation sites (tertiary alicyclic amines) is 1. The zero-order valence-corrected chi connectivity index (χ0v) is 16.8. The Kier molecular flexibility index (Phi) is 5.71. The first-order valence-electron chi connectivity index (χ1n) is 9.69. The van der Waals surface area contributed by atoms with Crippen LogP contribution in [0.15, 0.2) is 48.5 Å². The first-order valence-corrected chi connectivity index (χ1v) is 10.5. The summed E-state index contributed by atoms with van der Waals surface area (Å²) in [6.07, 6.45) is 2.28. The van der Waals surface area contributed by atoms with E-state index < -0.39 is 6.04 Å². The van der Waals surface area contributed by atoms with Crippen molar-refractivity contribution in [3.63, 3.8) is 0 Å². The predicted octanol–water partition coefficient (Wildman–Crippen LogP) is 3.57. The summed E-state index contributed by atoms with van der Waals surface area (Å²) < 4.78 is 1.04. The van der Waals surface area contributed by atoms with Crippen LogP contribution in [0.4, 0.5) is 0 Å². The normalized spacial score (nSPS) is 16.9. The Morgan fingerprint density at radius 1 is 1.25 bits per heavy atom. The fraction of sp³-hybridized carbons (Fsp3) is 0.364. The second kappa shape index (κ2) is 8.39. The van der Waals surface area contributed by atoms with E-state index in [4.69, 9.17) is 4.98 Å². The van der Waals surface area contributed by atoms with E-state index in [0.29, 0.717) is 11.5 Å². The molecule has 1 aliphatic heterocycles. The van der Waals surface area contributed by atoms with Crippen molar-refractivity contribution in [1.82, 2.24) is 15.2 Å². The van der Waals surface area contributed by atoms with Crippen LogP contribution < -0.4 is 5.32 Å². The maximum atomic E-state index is 12.7. The minimum absolute atomic E-state index is 0.140. The molecule has 0 aliphatic carbocycles. The van der Waals surface area contributed by atoms with E-state index in [0.717, 1.165) is 41.7 Å². The molecule has 1 atom stereocenters. The number of hydrogen-bond acceptors (Lipinski definition) is 5. The van der Waals surface area contributed by atoms with Crippen molar-refractivity contribution >= 4 is 27.5 Å². The summed E-state index contributed by atoms with van der Waals surface area (Å²) >= 11 is 1.70. The van der Waals surface area contributed by atoms with Crippen LogP contribution in [-0.4, -0.2) is 47.6 Å². The van der Waals surface area contributed by atoms with Gasteiger partial charge in [0.05, 0.1) is 27.9 Å². The van der Waals surface area contributed by atoms with Crippen LogP contribution in [0.3, 0.4) is 0 Å². The van der Waals surface area contributed by atoms with E-state index in [1.54, 1.807) is 11.3 Å². The van der Waals surface area contributed by atoms with Gasteiger partial charge in [-0.1, -0.05) is 30.3 Å². The molecule has 2 aromatic carbocycles. The zero-order valence-electron chi connectivity index (χ0n) is 16.0. The van der Waals surface area contributed by atoms with Crippen LogP contribution in [0.25, 0.3) is 10.2 Å². The van der Waals surface area contributed by atoms with Gasteiger partial charge >= 0.3 is 0 Å². The van der Waals surface area contributed by atoms with E-state index in [9.17, 15) is 9.90 Å². The van der Waals surface area contributed by atoms with Crippen LogP contribution >= 0.6 is 11.3 Å². The largest absolute Gasteiger partial charge is 0.394 e. The van der Waals surface area contributed by atoms with E-state index in [1.807, 2.05) is 48.5 Å². The second-order valence-electron chi connectivity index (χ2n) is 7.43. The number of rotatable bonds is 5. The molecule has 2 heterocycles. The first-order chi connectivity index (χ1) is 13.6. The third kappa shape index (κ3) is 4.09. The number of aromatic nitrogens is 1. The summed E-state index contributed by atoms with van der Waals surface area (Å²) in [6.45, 7) is 2.07. The van der Waals surface area contributed by atoms with Crippen LogP contribution in [0, 0.1) is 0 Å². The fourth-order valence-electron chi connectivity index (χ4n) is 3.68. The molecule has 146 valence electrons. The Morgan fingerprint density at radius 2 is 2.00 bits per heavy atom. The molecular formula is C22H25N3O2S. The van der Waals surface area contributed by atoms with Crippen LogP contribution in [0.1, 0.15) is 45.7 Å². The summed E-state index contributed by atoms with van der Waals surface area (Å²) in [5.41, 5.74) is 2.44. The minimum atomic E-state index is -0.416. The zero-order chi connectivity index (χ0) is 19.5. The average Bonchev–Trinajstić information content (AvgIpc) is 3.16. The van der Waals surface area contributed by atoms with Gasteiger partial charge in [0.1, 0.15) is 0 Å². The maximum Gasteiger partial charge on any atom is 0.251 e. The molecule has 5 nitrogen and oxygen atoms in total. The van der Waals surface area contributed by atoms with Gasteiger partial charge in [-0.15, -0.1) is 11.3 Å². The summed E-state index contributed by atoms with van der Waals surface area (Å²) in [7, 11) is 2.16. The summed E-state index contributed by atoms with van der Waals surface area (Å²) in [5.74, 6) is 0.335. The fourth-order valence-corrected chi connectivity index (χ4v) is 4.85. The van der Waals surface area contributed by atoms with Gasteiger partial charge in [0.2, 0.25) is 0 Å². The minimum Gasteiger partial charge on any atom is -0.394 e. The number of thiazole rings is 1. The van der Waals surface area contributed by atoms with Gasteiger partial charge in [0.25, 0.3) is 5.91 Å². The maximum absolute atomic E-state index is 12.7. The topological polar surface area (TPSA) is 65.5 Å². The van der Waals surface area contributed by atoms with Gasteiger partial charge in [-0.2, -0.15) is 0 Å².